The minimum absolute atomic E-state index is 0.354. The summed E-state index contributed by atoms with van der Waals surface area (Å²) in [6, 6.07) is 20.8. The molecule has 1 fully saturated rings. The summed E-state index contributed by atoms with van der Waals surface area (Å²) in [5.74, 6) is -0.882. The van der Waals surface area contributed by atoms with Crippen molar-refractivity contribution in [3.63, 3.8) is 0 Å². The fourth-order valence-electron chi connectivity index (χ4n) is 2.99. The molecule has 1 unspecified atom stereocenters. The number of carboxylic acid groups (broad SMARTS) is 2. The quantitative estimate of drug-likeness (QED) is 0.535. The van der Waals surface area contributed by atoms with Gasteiger partial charge >= 0.3 is 11.9 Å². The highest BCUT2D eigenvalue weighted by Gasteiger charge is 2.34. The molecule has 158 valence electrons. The van der Waals surface area contributed by atoms with Gasteiger partial charge in [0.05, 0.1) is 11.7 Å². The van der Waals surface area contributed by atoms with Crippen LogP contribution in [-0.4, -0.2) is 58.5 Å². The van der Waals surface area contributed by atoms with Crippen molar-refractivity contribution in [3.8, 4) is 0 Å². The van der Waals surface area contributed by atoms with Crippen molar-refractivity contribution in [2.45, 2.75) is 12.5 Å². The molecule has 1 saturated heterocycles. The van der Waals surface area contributed by atoms with E-state index in [0.717, 1.165) is 30.3 Å². The highest BCUT2D eigenvalue weighted by molar-refractivity contribution is 6.18. The summed E-state index contributed by atoms with van der Waals surface area (Å²) in [5.41, 5.74) is 2.13. The molecule has 2 N–H and O–H groups in total. The second-order valence-electron chi connectivity index (χ2n) is 6.47. The molecule has 1 aliphatic rings. The number of likely N-dealkylation sites (N-methyl/N-ethyl adjacent to an activating group) is 1. The van der Waals surface area contributed by atoms with Gasteiger partial charge in [-0.25, -0.2) is 14.6 Å². The van der Waals surface area contributed by atoms with Crippen LogP contribution in [0.25, 0.3) is 0 Å². The Hall–Kier alpha value is -3.32. The predicted octanol–water partition coefficient (Wildman–Crippen LogP) is 3.84. The van der Waals surface area contributed by atoms with Crippen LogP contribution in [0.3, 0.4) is 0 Å². The highest BCUT2D eigenvalue weighted by Crippen LogP contribution is 2.27. The first-order chi connectivity index (χ1) is 14.4. The van der Waals surface area contributed by atoms with Gasteiger partial charge in [-0.15, -0.1) is 11.6 Å². The lowest BCUT2D eigenvalue weighted by Gasteiger charge is -2.25. The van der Waals surface area contributed by atoms with Gasteiger partial charge in [0.15, 0.2) is 0 Å². The summed E-state index contributed by atoms with van der Waals surface area (Å²) in [5, 5.41) is 15.6. The van der Waals surface area contributed by atoms with E-state index in [1.165, 1.54) is 0 Å². The Morgan fingerprint density at radius 1 is 1.03 bits per heavy atom. The number of carbonyl (C=O) groups is 2. The van der Waals surface area contributed by atoms with Crippen LogP contribution in [0.2, 0.25) is 0 Å². The molecule has 0 amide bonds. The van der Waals surface area contributed by atoms with E-state index in [4.69, 9.17) is 26.8 Å². The Kier molecular flexibility index (Phi) is 8.90. The maximum atomic E-state index is 9.55. The van der Waals surface area contributed by atoms with Gasteiger partial charge in [-0.1, -0.05) is 36.4 Å². The van der Waals surface area contributed by atoms with Crippen LogP contribution >= 0.6 is 11.6 Å². The van der Waals surface area contributed by atoms with Crippen LogP contribution < -0.4 is 4.90 Å². The Morgan fingerprint density at radius 3 is 2.07 bits per heavy atom. The number of anilines is 1. The average Bonchev–Trinajstić information content (AvgIpc) is 3.03. The summed E-state index contributed by atoms with van der Waals surface area (Å²) in [4.78, 5) is 28.5. The lowest BCUT2D eigenvalue weighted by molar-refractivity contribution is -0.134. The number of aliphatic carboxylic acids is 2. The van der Waals surface area contributed by atoms with E-state index in [0.29, 0.717) is 24.1 Å². The summed E-state index contributed by atoms with van der Waals surface area (Å²) < 4.78 is 0. The maximum absolute atomic E-state index is 9.55. The fraction of sp³-hybridized carbons (Fsp3) is 0.227. The van der Waals surface area contributed by atoms with Gasteiger partial charge in [-0.3, -0.25) is 0 Å². The Balaban J connectivity index is 0.000000343. The Labute approximate surface area is 180 Å². The second kappa shape index (κ2) is 11.6. The lowest BCUT2D eigenvalue weighted by atomic mass is 10.2. The number of rotatable bonds is 6. The van der Waals surface area contributed by atoms with Crippen LogP contribution in [-0.2, 0) is 9.59 Å². The van der Waals surface area contributed by atoms with E-state index in [1.807, 2.05) is 36.4 Å². The molecule has 0 bridgehead atoms. The molecule has 0 saturated carbocycles. The largest absolute Gasteiger partial charge is 0.478 e. The van der Waals surface area contributed by atoms with Gasteiger partial charge in [0.1, 0.15) is 0 Å². The smallest absolute Gasteiger partial charge is 0.328 e. The minimum atomic E-state index is -1.26. The molecule has 8 heteroatoms. The maximum Gasteiger partial charge on any atom is 0.328 e. The van der Waals surface area contributed by atoms with Crippen molar-refractivity contribution < 1.29 is 19.8 Å². The van der Waals surface area contributed by atoms with Crippen LogP contribution in [0.4, 0.5) is 11.4 Å². The van der Waals surface area contributed by atoms with Crippen molar-refractivity contribution in [2.24, 2.45) is 4.99 Å². The molecule has 0 spiro atoms. The average molecular weight is 430 g/mol. The predicted molar refractivity (Wildman–Crippen MR) is 119 cm³/mol. The van der Waals surface area contributed by atoms with E-state index in [-0.39, 0.29) is 0 Å². The first-order valence-corrected chi connectivity index (χ1v) is 9.85. The Bertz CT molecular complexity index is 872. The molecule has 2 aromatic rings. The molecule has 0 radical (unpaired) electrons. The molecular formula is C22H24ClN3O4. The van der Waals surface area contributed by atoms with Crippen LogP contribution in [0.5, 0.6) is 0 Å². The molecule has 1 aliphatic heterocycles. The van der Waals surface area contributed by atoms with Gasteiger partial charge in [0.2, 0.25) is 5.96 Å². The van der Waals surface area contributed by atoms with Crippen LogP contribution in [0, 0.1) is 0 Å². The Morgan fingerprint density at radius 2 is 1.57 bits per heavy atom. The number of halogens is 1. The molecule has 1 atom stereocenters. The van der Waals surface area contributed by atoms with Crippen molar-refractivity contribution >= 4 is 40.9 Å². The first kappa shape index (κ1) is 23.0. The molecule has 1 heterocycles. The van der Waals surface area contributed by atoms with E-state index in [2.05, 4.69) is 41.1 Å². The molecular weight excluding hydrogens is 406 g/mol. The van der Waals surface area contributed by atoms with Crippen LogP contribution in [0.15, 0.2) is 77.8 Å². The number of aliphatic imine (C=N–C) groups is 1. The SMILES string of the molecule is CN1CC(CCCl)N(c2ccccc2)C1=Nc1ccccc1.O=C(O)C=CC(=O)O. The van der Waals surface area contributed by atoms with Crippen molar-refractivity contribution in [1.82, 2.24) is 4.90 Å². The zero-order chi connectivity index (χ0) is 21.9. The third kappa shape index (κ3) is 6.93. The molecule has 0 aliphatic carbocycles. The van der Waals surface area contributed by atoms with Crippen molar-refractivity contribution in [2.75, 3.05) is 24.4 Å². The van der Waals surface area contributed by atoms with E-state index < -0.39 is 11.9 Å². The van der Waals surface area contributed by atoms with E-state index >= 15 is 0 Å². The topological polar surface area (TPSA) is 93.4 Å². The van der Waals surface area contributed by atoms with Crippen molar-refractivity contribution in [3.05, 3.63) is 72.8 Å². The minimum Gasteiger partial charge on any atom is -0.478 e. The second-order valence-corrected chi connectivity index (χ2v) is 6.85. The number of hydrogen-bond donors (Lipinski definition) is 2. The summed E-state index contributed by atoms with van der Waals surface area (Å²) in [6.45, 7) is 0.938. The fourth-order valence-corrected chi connectivity index (χ4v) is 3.24. The summed E-state index contributed by atoms with van der Waals surface area (Å²) in [6.07, 6.45) is 2.05. The van der Waals surface area contributed by atoms with Gasteiger partial charge in [-0.2, -0.15) is 0 Å². The van der Waals surface area contributed by atoms with Gasteiger partial charge in [0.25, 0.3) is 0 Å². The molecule has 3 rings (SSSR count). The lowest BCUT2D eigenvalue weighted by Crippen LogP contribution is -2.35. The zero-order valence-electron chi connectivity index (χ0n) is 16.6. The zero-order valence-corrected chi connectivity index (χ0v) is 17.3. The number of nitrogens with zero attached hydrogens (tertiary/aromatic N) is 3. The molecule has 30 heavy (non-hydrogen) atoms. The molecule has 0 aromatic heterocycles. The molecule has 7 nitrogen and oxygen atoms in total. The van der Waals surface area contributed by atoms with E-state index in [1.54, 1.807) is 0 Å². The normalized spacial score (nSPS) is 17.1. The van der Waals surface area contributed by atoms with Gasteiger partial charge in [-0.05, 0) is 30.7 Å². The van der Waals surface area contributed by atoms with Crippen LogP contribution in [0.1, 0.15) is 6.42 Å². The number of guanidine groups is 1. The number of para-hydroxylation sites is 2. The molecule has 2 aromatic carbocycles. The third-order valence-corrected chi connectivity index (χ3v) is 4.46. The third-order valence-electron chi connectivity index (χ3n) is 4.24. The standard InChI is InChI=1S/C18H20ClN3.C4H4O4/c1-21-14-17(12-13-19)22(16-10-6-3-7-11-16)18(21)20-15-8-4-2-5-9-15;5-3(6)1-2-4(7)8/h2-11,17H,12-14H2,1H3;1-2H,(H,5,6)(H,7,8). The number of alkyl halides is 1. The van der Waals surface area contributed by atoms with Gasteiger partial charge in [0, 0.05) is 37.3 Å². The number of hydrogen-bond acceptors (Lipinski definition) is 3. The number of benzene rings is 2. The van der Waals surface area contributed by atoms with E-state index in [9.17, 15) is 9.59 Å². The summed E-state index contributed by atoms with van der Waals surface area (Å²) >= 11 is 6.00. The monoisotopic (exact) mass is 429 g/mol. The van der Waals surface area contributed by atoms with Gasteiger partial charge < -0.3 is 20.0 Å². The first-order valence-electron chi connectivity index (χ1n) is 9.31. The summed E-state index contributed by atoms with van der Waals surface area (Å²) in [7, 11) is 2.09. The number of carboxylic acids is 2. The van der Waals surface area contributed by atoms with Crippen molar-refractivity contribution in [1.29, 1.82) is 0 Å². The highest BCUT2D eigenvalue weighted by atomic mass is 35.5.